The maximum Gasteiger partial charge on any atom is 0.410 e. The van der Waals surface area contributed by atoms with E-state index in [1.165, 1.54) is 28.7 Å². The van der Waals surface area contributed by atoms with Gasteiger partial charge in [0.2, 0.25) is 11.8 Å². The highest BCUT2D eigenvalue weighted by Crippen LogP contribution is 2.31. The number of carbonyl (C=O) groups is 4. The molecule has 11 nitrogen and oxygen atoms in total. The zero-order valence-corrected chi connectivity index (χ0v) is 29.1. The highest BCUT2D eigenvalue weighted by molar-refractivity contribution is 7.09. The van der Waals surface area contributed by atoms with Crippen LogP contribution < -0.4 is 5.32 Å². The van der Waals surface area contributed by atoms with Crippen LogP contribution in [0, 0.1) is 17.8 Å². The second kappa shape index (κ2) is 16.4. The van der Waals surface area contributed by atoms with E-state index in [2.05, 4.69) is 10.3 Å². The van der Waals surface area contributed by atoms with Crippen LogP contribution in [0.5, 0.6) is 0 Å². The van der Waals surface area contributed by atoms with Crippen LogP contribution in [0.4, 0.5) is 4.79 Å². The Balaban J connectivity index is 3.32. The van der Waals surface area contributed by atoms with E-state index in [-0.39, 0.29) is 41.5 Å². The average molecular weight is 627 g/mol. The lowest BCUT2D eigenvalue weighted by molar-refractivity contribution is -0.141. The molecule has 12 heteroatoms. The summed E-state index contributed by atoms with van der Waals surface area (Å²) in [6.07, 6.45) is -0.263. The maximum absolute atomic E-state index is 14.1. The molecule has 0 aromatic carbocycles. The normalized spacial score (nSPS) is 15.5. The van der Waals surface area contributed by atoms with E-state index >= 15 is 0 Å². The molecule has 1 aromatic heterocycles. The molecule has 0 bridgehead atoms. The van der Waals surface area contributed by atoms with Gasteiger partial charge >= 0.3 is 12.1 Å². The van der Waals surface area contributed by atoms with Crippen LogP contribution in [0.25, 0.3) is 0 Å². The van der Waals surface area contributed by atoms with Crippen molar-refractivity contribution < 1.29 is 33.8 Å². The molecule has 0 saturated heterocycles. The molecule has 0 unspecified atom stereocenters. The molecule has 1 heterocycles. The van der Waals surface area contributed by atoms with Gasteiger partial charge in [0.05, 0.1) is 6.10 Å². The Labute approximate surface area is 261 Å². The van der Waals surface area contributed by atoms with Gasteiger partial charge in [-0.15, -0.1) is 11.3 Å². The van der Waals surface area contributed by atoms with Crippen LogP contribution >= 0.6 is 11.3 Å². The second-order valence-electron chi connectivity index (χ2n) is 13.2. The predicted molar refractivity (Wildman–Crippen MR) is 168 cm³/mol. The Morgan fingerprint density at radius 3 is 2.00 bits per heavy atom. The number of nitrogens with zero attached hydrogens (tertiary/aromatic N) is 3. The van der Waals surface area contributed by atoms with Crippen molar-refractivity contribution in [1.29, 1.82) is 0 Å². The number of rotatable bonds is 15. The highest BCUT2D eigenvalue weighted by Gasteiger charge is 2.38. The van der Waals surface area contributed by atoms with Gasteiger partial charge < -0.3 is 24.8 Å². The first-order valence-corrected chi connectivity index (χ1v) is 16.0. The molecular weight excluding hydrogens is 572 g/mol. The van der Waals surface area contributed by atoms with Crippen molar-refractivity contribution in [2.45, 2.75) is 125 Å². The molecule has 2 N–H and O–H groups in total. The van der Waals surface area contributed by atoms with Crippen LogP contribution in [0.15, 0.2) is 5.38 Å². The van der Waals surface area contributed by atoms with Gasteiger partial charge in [0.1, 0.15) is 28.8 Å². The van der Waals surface area contributed by atoms with Crippen molar-refractivity contribution in [2.75, 3.05) is 14.1 Å². The highest BCUT2D eigenvalue weighted by atomic mass is 32.1. The quantitative estimate of drug-likeness (QED) is 0.257. The summed E-state index contributed by atoms with van der Waals surface area (Å²) in [5, 5.41) is 14.4. The Morgan fingerprint density at radius 2 is 1.58 bits per heavy atom. The summed E-state index contributed by atoms with van der Waals surface area (Å²) in [6.45, 7) is 20.6. The van der Waals surface area contributed by atoms with Crippen LogP contribution in [0.3, 0.4) is 0 Å². The van der Waals surface area contributed by atoms with Gasteiger partial charge in [-0.25, -0.2) is 14.6 Å². The Hall–Kier alpha value is -2.73. The minimum absolute atomic E-state index is 0.0149. The number of hydrogen-bond donors (Lipinski definition) is 2. The van der Waals surface area contributed by atoms with Gasteiger partial charge in [-0.05, 0) is 52.4 Å². The number of carboxylic acids is 1. The third kappa shape index (κ3) is 11.4. The Morgan fingerprint density at radius 1 is 1.00 bits per heavy atom. The third-order valence-corrected chi connectivity index (χ3v) is 8.24. The zero-order valence-electron chi connectivity index (χ0n) is 28.3. The van der Waals surface area contributed by atoms with Crippen molar-refractivity contribution in [3.8, 4) is 0 Å². The number of ether oxygens (including phenoxy) is 2. The first-order valence-electron chi connectivity index (χ1n) is 15.1. The average Bonchev–Trinajstić information content (AvgIpc) is 3.37. The molecule has 3 amide bonds. The summed E-state index contributed by atoms with van der Waals surface area (Å²) in [6, 6.07) is -1.99. The third-order valence-electron chi connectivity index (χ3n) is 7.30. The van der Waals surface area contributed by atoms with E-state index in [4.69, 9.17) is 9.47 Å². The van der Waals surface area contributed by atoms with Crippen molar-refractivity contribution in [3.63, 3.8) is 0 Å². The standard InChI is InChI=1S/C31H54N4O7S/c1-14-20(8)24(33-26(36)25(18(4)5)35(13)30(40)42-31(9,10)11)28(37)34(12)22(17(2)3)15-23(41-19(6)7)27-32-21(16-43-27)29(38)39/h16-20,22-25H,14-15H2,1-13H3,(H,33,36)(H,38,39)/t20-,22+,23+,24-,25+/m0/s1. The maximum atomic E-state index is 14.1. The lowest BCUT2D eigenvalue weighted by Gasteiger charge is -2.38. The van der Waals surface area contributed by atoms with Gasteiger partial charge in [0.25, 0.3) is 0 Å². The summed E-state index contributed by atoms with van der Waals surface area (Å²) in [4.78, 5) is 59.3. The Bertz CT molecular complexity index is 1080. The Kier molecular flexibility index (Phi) is 14.6. The van der Waals surface area contributed by atoms with Gasteiger partial charge in [-0.2, -0.15) is 0 Å². The predicted octanol–water partition coefficient (Wildman–Crippen LogP) is 5.60. The van der Waals surface area contributed by atoms with Gasteiger partial charge in [-0.3, -0.25) is 14.5 Å². The molecule has 0 saturated carbocycles. The fourth-order valence-electron chi connectivity index (χ4n) is 4.85. The van der Waals surface area contributed by atoms with Crippen molar-refractivity contribution in [3.05, 3.63) is 16.1 Å². The van der Waals surface area contributed by atoms with Gasteiger partial charge in [-0.1, -0.05) is 48.0 Å². The van der Waals surface area contributed by atoms with Gasteiger partial charge in [0, 0.05) is 31.9 Å². The first-order chi connectivity index (χ1) is 19.7. The second-order valence-corrected chi connectivity index (χ2v) is 14.1. The number of carboxylic acid groups (broad SMARTS) is 1. The van der Waals surface area contributed by atoms with E-state index in [1.807, 2.05) is 55.4 Å². The summed E-state index contributed by atoms with van der Waals surface area (Å²) < 4.78 is 11.7. The monoisotopic (exact) mass is 626 g/mol. The number of aromatic carboxylic acids is 1. The van der Waals surface area contributed by atoms with Crippen LogP contribution in [-0.4, -0.2) is 87.7 Å². The lowest BCUT2D eigenvalue weighted by Crippen LogP contribution is -2.59. The number of nitrogens with one attached hydrogen (secondary N) is 1. The summed E-state index contributed by atoms with van der Waals surface area (Å²) in [5.41, 5.74) is -0.767. The van der Waals surface area contributed by atoms with Crippen molar-refractivity contribution >= 4 is 35.2 Å². The molecule has 0 spiro atoms. The van der Waals surface area contributed by atoms with Crippen molar-refractivity contribution in [1.82, 2.24) is 20.1 Å². The van der Waals surface area contributed by atoms with Crippen LogP contribution in [0.2, 0.25) is 0 Å². The molecule has 0 radical (unpaired) electrons. The SMILES string of the molecule is CC[C@H](C)[C@H](NC(=O)[C@@H](C(C)C)N(C)C(=O)OC(C)(C)C)C(=O)N(C)[C@H](C[C@@H](OC(C)C)c1nc(C(=O)O)cs1)C(C)C. The van der Waals surface area contributed by atoms with Crippen molar-refractivity contribution in [2.24, 2.45) is 17.8 Å². The smallest absolute Gasteiger partial charge is 0.410 e. The molecule has 1 aromatic rings. The molecule has 5 atom stereocenters. The molecule has 0 aliphatic rings. The van der Waals surface area contributed by atoms with E-state index in [1.54, 1.807) is 32.7 Å². The van der Waals surface area contributed by atoms with E-state index in [0.717, 1.165) is 0 Å². The van der Waals surface area contributed by atoms with Crippen LogP contribution in [-0.2, 0) is 19.1 Å². The van der Waals surface area contributed by atoms with Gasteiger partial charge in [0.15, 0.2) is 5.69 Å². The van der Waals surface area contributed by atoms with E-state index in [9.17, 15) is 24.3 Å². The molecule has 1 rings (SSSR count). The van der Waals surface area contributed by atoms with Crippen LogP contribution in [0.1, 0.15) is 111 Å². The minimum atomic E-state index is -1.11. The number of aromatic nitrogens is 1. The summed E-state index contributed by atoms with van der Waals surface area (Å²) >= 11 is 1.22. The number of hydrogen-bond acceptors (Lipinski definition) is 8. The van der Waals surface area contributed by atoms with E-state index < -0.39 is 41.8 Å². The minimum Gasteiger partial charge on any atom is -0.476 e. The number of carbonyl (C=O) groups excluding carboxylic acids is 3. The molecule has 0 aliphatic carbocycles. The largest absolute Gasteiger partial charge is 0.476 e. The topological polar surface area (TPSA) is 138 Å². The first kappa shape index (κ1) is 38.3. The molecule has 0 fully saturated rings. The molecule has 246 valence electrons. The molecule has 0 aliphatic heterocycles. The fourth-order valence-corrected chi connectivity index (χ4v) is 5.69. The number of thiazole rings is 1. The fraction of sp³-hybridized carbons (Fsp3) is 0.774. The summed E-state index contributed by atoms with van der Waals surface area (Å²) in [5.74, 6) is -2.21. The zero-order chi connectivity index (χ0) is 33.4. The number of amides is 3. The van der Waals surface area contributed by atoms with E-state index in [0.29, 0.717) is 17.8 Å². The number of likely N-dealkylation sites (N-methyl/N-ethyl adjacent to an activating group) is 2. The summed E-state index contributed by atoms with van der Waals surface area (Å²) in [7, 11) is 3.25. The molecular formula is C31H54N4O7S. The lowest BCUT2D eigenvalue weighted by atomic mass is 9.92. The molecule has 43 heavy (non-hydrogen) atoms.